The van der Waals surface area contributed by atoms with Gasteiger partial charge in [-0.3, -0.25) is 0 Å². The Balaban J connectivity index is 1.46. The summed E-state index contributed by atoms with van der Waals surface area (Å²) < 4.78 is 1.96. The molecule has 1 aliphatic heterocycles. The molecule has 0 unspecified atom stereocenters. The minimum absolute atomic E-state index is 0.323. The maximum atomic E-state index is 9.17. The molecule has 120 valence electrons. The molecule has 0 saturated carbocycles. The Labute approximate surface area is 143 Å². The molecule has 0 bridgehead atoms. The molecule has 1 aliphatic rings. The number of piperidine rings is 1. The predicted octanol–water partition coefficient (Wildman–Crippen LogP) is 2.51. The topological polar surface area (TPSA) is 83.5 Å². The maximum absolute atomic E-state index is 9.17. The van der Waals surface area contributed by atoms with Gasteiger partial charge in [-0.2, -0.15) is 16.6 Å². The van der Waals surface area contributed by atoms with Crippen LogP contribution in [-0.2, 0) is 0 Å². The molecule has 0 N–H and O–H groups in total. The van der Waals surface area contributed by atoms with Gasteiger partial charge in [0.25, 0.3) is 0 Å². The SMILES string of the molecule is N#Cc1nccnc1N1CCC(n2cc(-c3ccsc3)nn2)CC1. The van der Waals surface area contributed by atoms with E-state index < -0.39 is 0 Å². The van der Waals surface area contributed by atoms with Gasteiger partial charge >= 0.3 is 0 Å². The lowest BCUT2D eigenvalue weighted by Crippen LogP contribution is -2.36. The number of hydrogen-bond donors (Lipinski definition) is 0. The van der Waals surface area contributed by atoms with E-state index >= 15 is 0 Å². The normalized spacial score (nSPS) is 15.4. The lowest BCUT2D eigenvalue weighted by Gasteiger charge is -2.32. The standard InChI is InChI=1S/C16H15N7S/c17-9-14-16(19-5-4-18-14)22-6-1-13(2-7-22)23-10-15(20-21-23)12-3-8-24-11-12/h3-5,8,10-11,13H,1-2,6-7H2. The molecule has 0 radical (unpaired) electrons. The van der Waals surface area contributed by atoms with Crippen molar-refractivity contribution in [3.05, 3.63) is 41.1 Å². The summed E-state index contributed by atoms with van der Waals surface area (Å²) in [4.78, 5) is 10.5. The fraction of sp³-hybridized carbons (Fsp3) is 0.312. The number of aromatic nitrogens is 5. The molecular formula is C16H15N7S. The number of anilines is 1. The number of nitriles is 1. The summed E-state index contributed by atoms with van der Waals surface area (Å²) in [5.41, 5.74) is 2.41. The van der Waals surface area contributed by atoms with Gasteiger partial charge in [0.05, 0.1) is 12.2 Å². The number of rotatable bonds is 3. The highest BCUT2D eigenvalue weighted by Gasteiger charge is 2.24. The van der Waals surface area contributed by atoms with Crippen LogP contribution in [0.1, 0.15) is 24.6 Å². The molecule has 0 aromatic carbocycles. The van der Waals surface area contributed by atoms with Crippen molar-refractivity contribution >= 4 is 17.2 Å². The van der Waals surface area contributed by atoms with Gasteiger partial charge in [0, 0.05) is 36.4 Å². The average molecular weight is 337 g/mol. The second-order valence-corrected chi connectivity index (χ2v) is 6.43. The number of thiophene rings is 1. The lowest BCUT2D eigenvalue weighted by molar-refractivity contribution is 0.359. The van der Waals surface area contributed by atoms with Gasteiger partial charge < -0.3 is 4.90 Å². The van der Waals surface area contributed by atoms with Gasteiger partial charge in [0.15, 0.2) is 11.5 Å². The van der Waals surface area contributed by atoms with Crippen molar-refractivity contribution in [2.75, 3.05) is 18.0 Å². The molecule has 1 fully saturated rings. The monoisotopic (exact) mass is 337 g/mol. The largest absolute Gasteiger partial charge is 0.354 e. The van der Waals surface area contributed by atoms with Gasteiger partial charge in [-0.05, 0) is 24.3 Å². The summed E-state index contributed by atoms with van der Waals surface area (Å²) in [5.74, 6) is 0.677. The van der Waals surface area contributed by atoms with Crippen molar-refractivity contribution in [1.29, 1.82) is 5.26 Å². The summed E-state index contributed by atoms with van der Waals surface area (Å²) in [6, 6.07) is 4.49. The van der Waals surface area contributed by atoms with E-state index in [4.69, 9.17) is 0 Å². The van der Waals surface area contributed by atoms with Crippen LogP contribution in [0.2, 0.25) is 0 Å². The zero-order chi connectivity index (χ0) is 16.4. The first-order valence-electron chi connectivity index (χ1n) is 7.75. The first kappa shape index (κ1) is 14.8. The minimum atomic E-state index is 0.323. The Kier molecular flexibility index (Phi) is 3.92. The first-order chi connectivity index (χ1) is 11.8. The van der Waals surface area contributed by atoms with Gasteiger partial charge in [0.2, 0.25) is 0 Å². The molecule has 0 aliphatic carbocycles. The number of nitrogens with zero attached hydrogens (tertiary/aromatic N) is 7. The maximum Gasteiger partial charge on any atom is 0.183 e. The van der Waals surface area contributed by atoms with Gasteiger partial charge in [-0.25, -0.2) is 14.6 Å². The molecule has 0 spiro atoms. The molecule has 0 atom stereocenters. The highest BCUT2D eigenvalue weighted by atomic mass is 32.1. The Morgan fingerprint density at radius 3 is 2.79 bits per heavy atom. The van der Waals surface area contributed by atoms with Crippen LogP contribution in [0, 0.1) is 11.3 Å². The van der Waals surface area contributed by atoms with E-state index in [2.05, 4.69) is 42.7 Å². The fourth-order valence-electron chi connectivity index (χ4n) is 2.98. The summed E-state index contributed by atoms with van der Waals surface area (Å²) in [5, 5.41) is 21.9. The number of hydrogen-bond acceptors (Lipinski definition) is 7. The fourth-order valence-corrected chi connectivity index (χ4v) is 3.63. The van der Waals surface area contributed by atoms with Crippen LogP contribution in [0.25, 0.3) is 11.3 Å². The Morgan fingerprint density at radius 2 is 2.04 bits per heavy atom. The average Bonchev–Trinajstić information content (AvgIpc) is 3.33. The Morgan fingerprint density at radius 1 is 1.21 bits per heavy atom. The van der Waals surface area contributed by atoms with E-state index in [9.17, 15) is 5.26 Å². The van der Waals surface area contributed by atoms with Crippen LogP contribution >= 0.6 is 11.3 Å². The van der Waals surface area contributed by atoms with Crippen LogP contribution in [0.4, 0.5) is 5.82 Å². The van der Waals surface area contributed by atoms with E-state index in [1.807, 2.05) is 16.3 Å². The van der Waals surface area contributed by atoms with Crippen molar-refractivity contribution in [2.45, 2.75) is 18.9 Å². The van der Waals surface area contributed by atoms with E-state index in [0.717, 1.165) is 37.2 Å². The highest BCUT2D eigenvalue weighted by Crippen LogP contribution is 2.27. The Bertz CT molecular complexity index is 857. The van der Waals surface area contributed by atoms with Gasteiger partial charge in [-0.1, -0.05) is 5.21 Å². The second-order valence-electron chi connectivity index (χ2n) is 5.65. The van der Waals surface area contributed by atoms with E-state index in [1.165, 1.54) is 0 Å². The smallest absolute Gasteiger partial charge is 0.183 e. The highest BCUT2D eigenvalue weighted by molar-refractivity contribution is 7.08. The van der Waals surface area contributed by atoms with Crippen molar-refractivity contribution in [1.82, 2.24) is 25.0 Å². The zero-order valence-electron chi connectivity index (χ0n) is 12.9. The lowest BCUT2D eigenvalue weighted by atomic mass is 10.1. The third kappa shape index (κ3) is 2.74. The van der Waals surface area contributed by atoms with Crippen LogP contribution in [0.15, 0.2) is 35.4 Å². The molecule has 4 heterocycles. The van der Waals surface area contributed by atoms with E-state index in [-0.39, 0.29) is 0 Å². The summed E-state index contributed by atoms with van der Waals surface area (Å²) in [6.07, 6.45) is 7.08. The van der Waals surface area contributed by atoms with Crippen LogP contribution in [0.3, 0.4) is 0 Å². The van der Waals surface area contributed by atoms with Crippen molar-refractivity contribution < 1.29 is 0 Å². The Hall–Kier alpha value is -2.79. The summed E-state index contributed by atoms with van der Waals surface area (Å²) in [6.45, 7) is 1.65. The first-order valence-corrected chi connectivity index (χ1v) is 8.70. The molecule has 0 amide bonds. The van der Waals surface area contributed by atoms with Crippen LogP contribution in [0.5, 0.6) is 0 Å². The zero-order valence-corrected chi connectivity index (χ0v) is 13.7. The van der Waals surface area contributed by atoms with E-state index in [1.54, 1.807) is 23.7 Å². The summed E-state index contributed by atoms with van der Waals surface area (Å²) >= 11 is 1.66. The van der Waals surface area contributed by atoms with Crippen molar-refractivity contribution in [3.8, 4) is 17.3 Å². The molecule has 8 heteroatoms. The molecule has 24 heavy (non-hydrogen) atoms. The summed E-state index contributed by atoms with van der Waals surface area (Å²) in [7, 11) is 0. The van der Waals surface area contributed by atoms with Gasteiger partial charge in [0.1, 0.15) is 11.8 Å². The van der Waals surface area contributed by atoms with E-state index in [0.29, 0.717) is 17.6 Å². The third-order valence-electron chi connectivity index (χ3n) is 4.25. The van der Waals surface area contributed by atoms with Crippen molar-refractivity contribution in [3.63, 3.8) is 0 Å². The molecule has 7 nitrogen and oxygen atoms in total. The molecule has 3 aromatic rings. The molecule has 1 saturated heterocycles. The minimum Gasteiger partial charge on any atom is -0.354 e. The quantitative estimate of drug-likeness (QED) is 0.730. The van der Waals surface area contributed by atoms with Gasteiger partial charge in [-0.15, -0.1) is 5.10 Å². The van der Waals surface area contributed by atoms with Crippen molar-refractivity contribution in [2.24, 2.45) is 0 Å². The van der Waals surface area contributed by atoms with Crippen LogP contribution < -0.4 is 4.90 Å². The third-order valence-corrected chi connectivity index (χ3v) is 4.93. The molecule has 4 rings (SSSR count). The molecule has 3 aromatic heterocycles. The molecular weight excluding hydrogens is 322 g/mol. The predicted molar refractivity (Wildman–Crippen MR) is 90.6 cm³/mol. The van der Waals surface area contributed by atoms with Crippen LogP contribution in [-0.4, -0.2) is 38.1 Å². The second kappa shape index (κ2) is 6.37.